The topological polar surface area (TPSA) is 72.3 Å². The summed E-state index contributed by atoms with van der Waals surface area (Å²) >= 11 is 1.61. The van der Waals surface area contributed by atoms with Crippen LogP contribution in [0.2, 0.25) is 0 Å². The van der Waals surface area contributed by atoms with Gasteiger partial charge >= 0.3 is 0 Å². The Morgan fingerprint density at radius 3 is 3.00 bits per heavy atom. The summed E-state index contributed by atoms with van der Waals surface area (Å²) in [6.45, 7) is 3.30. The molecule has 7 nitrogen and oxygen atoms in total. The lowest BCUT2D eigenvalue weighted by Gasteiger charge is -2.58. The van der Waals surface area contributed by atoms with Gasteiger partial charge < -0.3 is 10.1 Å². The van der Waals surface area contributed by atoms with Crippen molar-refractivity contribution in [3.8, 4) is 10.6 Å². The fourth-order valence-electron chi connectivity index (χ4n) is 5.69. The number of benzene rings is 1. The minimum atomic E-state index is -0.0623. The molecule has 6 rings (SSSR count). The summed E-state index contributed by atoms with van der Waals surface area (Å²) in [6.07, 6.45) is 5.61. The van der Waals surface area contributed by atoms with Crippen molar-refractivity contribution in [1.29, 1.82) is 0 Å². The standard InChI is InChI=1S/C22H25N5O2S/c1-29-10-9-27-18-12-14(21-23-7-11-30-21)2-3-15(18)19(25-27)20(28)24-17-13-26-8-6-22(26)5-4-16(17)22/h2-3,7,11-12,16-17H,4-6,8-10,13H2,1H3,(H,24,28)/t16-,17-,22?/m1/s1. The van der Waals surface area contributed by atoms with Crippen LogP contribution >= 0.6 is 11.3 Å². The second-order valence-corrected chi connectivity index (χ2v) is 9.55. The SMILES string of the molecule is COCCn1nc(C(=O)N[C@@H]2CN3CCC34CC[C@H]24)c2ccc(-c3nccs3)cc21. The van der Waals surface area contributed by atoms with Gasteiger partial charge in [0.15, 0.2) is 5.69 Å². The molecule has 1 unspecified atom stereocenters. The summed E-state index contributed by atoms with van der Waals surface area (Å²) in [5.41, 5.74) is 2.90. The summed E-state index contributed by atoms with van der Waals surface area (Å²) in [4.78, 5) is 20.3. The van der Waals surface area contributed by atoms with Crippen molar-refractivity contribution < 1.29 is 9.53 Å². The molecule has 3 aromatic rings. The first kappa shape index (κ1) is 18.5. The number of hydrogen-bond acceptors (Lipinski definition) is 6. The maximum atomic E-state index is 13.3. The first-order chi connectivity index (χ1) is 14.7. The minimum Gasteiger partial charge on any atom is -0.383 e. The summed E-state index contributed by atoms with van der Waals surface area (Å²) in [6, 6.07) is 6.35. The molecule has 2 saturated heterocycles. The van der Waals surface area contributed by atoms with Crippen LogP contribution in [0.4, 0.5) is 0 Å². The number of nitrogens with one attached hydrogen (secondary N) is 1. The number of fused-ring (bicyclic) bond motifs is 1. The Kier molecular flexibility index (Phi) is 4.23. The van der Waals surface area contributed by atoms with Crippen molar-refractivity contribution in [2.75, 3.05) is 26.8 Å². The van der Waals surface area contributed by atoms with E-state index in [1.807, 2.05) is 28.4 Å². The Labute approximate surface area is 179 Å². The third kappa shape index (κ3) is 2.60. The van der Waals surface area contributed by atoms with E-state index in [9.17, 15) is 4.79 Å². The van der Waals surface area contributed by atoms with Gasteiger partial charge in [0.1, 0.15) is 5.01 Å². The molecule has 3 fully saturated rings. The van der Waals surface area contributed by atoms with Gasteiger partial charge in [0.2, 0.25) is 0 Å². The number of thiazole rings is 1. The number of nitrogens with zero attached hydrogens (tertiary/aromatic N) is 4. The number of rotatable bonds is 6. The van der Waals surface area contributed by atoms with Gasteiger partial charge in [-0.15, -0.1) is 11.3 Å². The monoisotopic (exact) mass is 423 g/mol. The zero-order chi connectivity index (χ0) is 20.3. The van der Waals surface area contributed by atoms with Crippen LogP contribution in [0.15, 0.2) is 29.8 Å². The van der Waals surface area contributed by atoms with E-state index in [0.29, 0.717) is 30.3 Å². The van der Waals surface area contributed by atoms with Crippen LogP contribution in [0.3, 0.4) is 0 Å². The lowest BCUT2D eigenvalue weighted by Crippen LogP contribution is -2.64. The van der Waals surface area contributed by atoms with E-state index in [4.69, 9.17) is 9.84 Å². The normalized spacial score (nSPS) is 27.4. The highest BCUT2D eigenvalue weighted by molar-refractivity contribution is 7.13. The maximum Gasteiger partial charge on any atom is 0.272 e. The van der Waals surface area contributed by atoms with Crippen molar-refractivity contribution in [1.82, 2.24) is 25.0 Å². The Hall–Kier alpha value is -2.29. The van der Waals surface area contributed by atoms with Gasteiger partial charge in [-0.2, -0.15) is 5.10 Å². The van der Waals surface area contributed by atoms with Crippen molar-refractivity contribution in [3.05, 3.63) is 35.5 Å². The smallest absolute Gasteiger partial charge is 0.272 e. The van der Waals surface area contributed by atoms with Crippen molar-refractivity contribution in [2.24, 2.45) is 5.92 Å². The highest BCUT2D eigenvalue weighted by atomic mass is 32.1. The Bertz CT molecular complexity index is 1110. The molecule has 3 atom stereocenters. The molecule has 30 heavy (non-hydrogen) atoms. The first-order valence-electron chi connectivity index (χ1n) is 10.6. The van der Waals surface area contributed by atoms with E-state index in [-0.39, 0.29) is 11.9 Å². The number of carbonyl (C=O) groups excluding carboxylic acids is 1. The molecule has 1 saturated carbocycles. The molecule has 1 spiro atoms. The summed E-state index contributed by atoms with van der Waals surface area (Å²) in [5, 5.41) is 11.8. The van der Waals surface area contributed by atoms with Gasteiger partial charge in [-0.05, 0) is 37.3 Å². The number of aromatic nitrogens is 3. The van der Waals surface area contributed by atoms with Crippen molar-refractivity contribution in [2.45, 2.75) is 37.4 Å². The van der Waals surface area contributed by atoms with E-state index in [1.54, 1.807) is 18.4 Å². The summed E-state index contributed by atoms with van der Waals surface area (Å²) in [7, 11) is 1.68. The molecule has 2 aromatic heterocycles. The number of amides is 1. The van der Waals surface area contributed by atoms with Gasteiger partial charge in [0, 0.05) is 54.3 Å². The molecule has 3 aliphatic rings. The number of carbonyl (C=O) groups is 1. The molecule has 4 heterocycles. The molecule has 156 valence electrons. The molecular weight excluding hydrogens is 398 g/mol. The molecular formula is C22H25N5O2S. The zero-order valence-corrected chi connectivity index (χ0v) is 17.8. The van der Waals surface area contributed by atoms with Crippen LogP contribution in [-0.2, 0) is 11.3 Å². The van der Waals surface area contributed by atoms with Crippen LogP contribution in [-0.4, -0.2) is 64.0 Å². The van der Waals surface area contributed by atoms with Gasteiger partial charge in [-0.1, -0.05) is 6.07 Å². The van der Waals surface area contributed by atoms with E-state index in [1.165, 1.54) is 25.8 Å². The van der Waals surface area contributed by atoms with Crippen LogP contribution in [0.1, 0.15) is 29.8 Å². The predicted molar refractivity (Wildman–Crippen MR) is 116 cm³/mol. The van der Waals surface area contributed by atoms with Gasteiger partial charge in [-0.3, -0.25) is 14.4 Å². The number of ether oxygens (including phenoxy) is 1. The van der Waals surface area contributed by atoms with Gasteiger partial charge in [0.05, 0.1) is 18.7 Å². The highest BCUT2D eigenvalue weighted by Crippen LogP contribution is 2.57. The number of hydrogen-bond donors (Lipinski definition) is 1. The number of methoxy groups -OCH3 is 1. The van der Waals surface area contributed by atoms with E-state index < -0.39 is 0 Å². The largest absolute Gasteiger partial charge is 0.383 e. The molecule has 1 N–H and O–H groups in total. The average Bonchev–Trinajstić information content (AvgIpc) is 3.39. The summed E-state index contributed by atoms with van der Waals surface area (Å²) in [5.74, 6) is 0.543. The Morgan fingerprint density at radius 1 is 1.40 bits per heavy atom. The summed E-state index contributed by atoms with van der Waals surface area (Å²) < 4.78 is 7.15. The van der Waals surface area contributed by atoms with Crippen molar-refractivity contribution in [3.63, 3.8) is 0 Å². The first-order valence-corrected chi connectivity index (χ1v) is 11.5. The molecule has 1 amide bonds. The lowest BCUT2D eigenvalue weighted by atomic mass is 9.61. The van der Waals surface area contributed by atoms with Crippen LogP contribution in [0.25, 0.3) is 21.5 Å². The van der Waals surface area contributed by atoms with E-state index in [0.717, 1.165) is 28.0 Å². The molecule has 0 bridgehead atoms. The third-order valence-corrected chi connectivity index (χ3v) is 8.22. The van der Waals surface area contributed by atoms with Gasteiger partial charge in [-0.25, -0.2) is 4.98 Å². The second kappa shape index (κ2) is 6.87. The highest BCUT2D eigenvalue weighted by Gasteiger charge is 2.63. The molecule has 1 aliphatic carbocycles. The van der Waals surface area contributed by atoms with E-state index in [2.05, 4.69) is 21.3 Å². The molecule has 1 aromatic carbocycles. The fraction of sp³-hybridized carbons (Fsp3) is 0.500. The minimum absolute atomic E-state index is 0.0623. The Morgan fingerprint density at radius 2 is 2.33 bits per heavy atom. The zero-order valence-electron chi connectivity index (χ0n) is 17.0. The van der Waals surface area contributed by atoms with Crippen LogP contribution in [0, 0.1) is 5.92 Å². The molecule has 2 aliphatic heterocycles. The van der Waals surface area contributed by atoms with Crippen molar-refractivity contribution >= 4 is 28.1 Å². The lowest BCUT2D eigenvalue weighted by molar-refractivity contribution is -0.0676. The molecule has 0 radical (unpaired) electrons. The maximum absolute atomic E-state index is 13.3. The van der Waals surface area contributed by atoms with E-state index >= 15 is 0 Å². The molecule has 8 heteroatoms. The third-order valence-electron chi connectivity index (χ3n) is 7.40. The predicted octanol–water partition coefficient (Wildman–Crippen LogP) is 2.77. The van der Waals surface area contributed by atoms with Crippen LogP contribution in [0.5, 0.6) is 0 Å². The average molecular weight is 424 g/mol. The quantitative estimate of drug-likeness (QED) is 0.660. The van der Waals surface area contributed by atoms with Gasteiger partial charge in [0.25, 0.3) is 5.91 Å². The fourth-order valence-corrected chi connectivity index (χ4v) is 6.33. The van der Waals surface area contributed by atoms with Crippen LogP contribution < -0.4 is 5.32 Å². The second-order valence-electron chi connectivity index (χ2n) is 8.66. The Balaban J connectivity index is 1.32.